The van der Waals surface area contributed by atoms with Crippen LogP contribution in [0.2, 0.25) is 0 Å². The molecule has 7 heteroatoms. The first kappa shape index (κ1) is 20.3. The van der Waals surface area contributed by atoms with E-state index >= 15 is 0 Å². The number of benzene rings is 2. The molecule has 150 valence electrons. The molecule has 0 fully saturated rings. The van der Waals surface area contributed by atoms with E-state index in [1.165, 1.54) is 11.8 Å². The van der Waals surface area contributed by atoms with Gasteiger partial charge in [-0.3, -0.25) is 4.79 Å². The molecule has 1 amide bonds. The summed E-state index contributed by atoms with van der Waals surface area (Å²) in [6.45, 7) is 0.610. The van der Waals surface area contributed by atoms with Crippen LogP contribution < -0.4 is 0 Å². The lowest BCUT2D eigenvalue weighted by Gasteiger charge is -2.15. The Morgan fingerprint density at radius 1 is 0.900 bits per heavy atom. The molecule has 0 unspecified atom stereocenters. The second kappa shape index (κ2) is 9.65. The lowest BCUT2D eigenvalue weighted by Crippen LogP contribution is -2.27. The van der Waals surface area contributed by atoms with Gasteiger partial charge in [0, 0.05) is 23.1 Å². The van der Waals surface area contributed by atoms with Crippen LogP contribution in [0.25, 0.3) is 22.5 Å². The number of rotatable bonds is 7. The third-order valence-electron chi connectivity index (χ3n) is 4.49. The van der Waals surface area contributed by atoms with Gasteiger partial charge >= 0.3 is 0 Å². The molecule has 2 heterocycles. The second-order valence-electron chi connectivity index (χ2n) is 6.64. The van der Waals surface area contributed by atoms with Crippen molar-refractivity contribution in [1.29, 1.82) is 0 Å². The van der Waals surface area contributed by atoms with E-state index in [1.807, 2.05) is 85.2 Å². The summed E-state index contributed by atoms with van der Waals surface area (Å²) in [6.07, 6.45) is 0. The standard InChI is InChI=1S/C23H20N4OS2/c1-27(15-19-13-8-14-29-19)20(28)16-30-23-24-21(17-9-4-2-5-10-17)22(25-26-23)18-11-6-3-7-12-18/h2-14H,15-16H2,1H3. The van der Waals surface area contributed by atoms with E-state index in [-0.39, 0.29) is 11.7 Å². The fourth-order valence-corrected chi connectivity index (χ4v) is 4.41. The molecule has 30 heavy (non-hydrogen) atoms. The Bertz CT molecular complexity index is 1100. The van der Waals surface area contributed by atoms with Crippen molar-refractivity contribution in [3.05, 3.63) is 83.1 Å². The van der Waals surface area contributed by atoms with Crippen LogP contribution in [0.3, 0.4) is 0 Å². The molecule has 2 aromatic heterocycles. The van der Waals surface area contributed by atoms with Gasteiger partial charge in [0.2, 0.25) is 11.1 Å². The molecular formula is C23H20N4OS2. The summed E-state index contributed by atoms with van der Waals surface area (Å²) >= 11 is 2.96. The molecule has 4 rings (SSSR count). The molecule has 0 saturated carbocycles. The number of nitrogens with zero attached hydrogens (tertiary/aromatic N) is 4. The van der Waals surface area contributed by atoms with Gasteiger partial charge in [0.05, 0.1) is 12.3 Å². The van der Waals surface area contributed by atoms with Crippen LogP contribution >= 0.6 is 23.1 Å². The summed E-state index contributed by atoms with van der Waals surface area (Å²) in [5, 5.41) is 11.2. The maximum atomic E-state index is 12.5. The zero-order chi connectivity index (χ0) is 20.8. The Morgan fingerprint density at radius 2 is 1.57 bits per heavy atom. The number of carbonyl (C=O) groups excluding carboxylic acids is 1. The van der Waals surface area contributed by atoms with Crippen LogP contribution in [0.15, 0.2) is 83.3 Å². The molecule has 0 saturated heterocycles. The van der Waals surface area contributed by atoms with Crippen LogP contribution in [0.1, 0.15) is 4.88 Å². The molecule has 0 bridgehead atoms. The fraction of sp³-hybridized carbons (Fsp3) is 0.130. The highest BCUT2D eigenvalue weighted by atomic mass is 32.2. The first-order chi connectivity index (χ1) is 14.7. The molecule has 5 nitrogen and oxygen atoms in total. The molecule has 0 N–H and O–H groups in total. The van der Waals surface area contributed by atoms with E-state index in [0.29, 0.717) is 11.7 Å². The van der Waals surface area contributed by atoms with Gasteiger partial charge in [-0.25, -0.2) is 4.98 Å². The molecule has 0 aliphatic heterocycles. The Morgan fingerprint density at radius 3 is 2.20 bits per heavy atom. The first-order valence-corrected chi connectivity index (χ1v) is 11.3. The zero-order valence-electron chi connectivity index (χ0n) is 16.4. The van der Waals surface area contributed by atoms with Crippen LogP contribution in [0.4, 0.5) is 0 Å². The quantitative estimate of drug-likeness (QED) is 0.384. The minimum atomic E-state index is 0.0328. The van der Waals surface area contributed by atoms with Crippen LogP contribution in [-0.2, 0) is 11.3 Å². The third kappa shape index (κ3) is 4.93. The maximum absolute atomic E-state index is 12.5. The summed E-state index contributed by atoms with van der Waals surface area (Å²) < 4.78 is 0. The molecule has 0 atom stereocenters. The summed E-state index contributed by atoms with van der Waals surface area (Å²) in [5.74, 6) is 0.299. The highest BCUT2D eigenvalue weighted by Crippen LogP contribution is 2.29. The van der Waals surface area contributed by atoms with Gasteiger partial charge < -0.3 is 4.90 Å². The number of carbonyl (C=O) groups is 1. The minimum absolute atomic E-state index is 0.0328. The van der Waals surface area contributed by atoms with Crippen LogP contribution in [-0.4, -0.2) is 38.8 Å². The summed E-state index contributed by atoms with van der Waals surface area (Å²) in [6, 6.07) is 23.8. The SMILES string of the molecule is CN(Cc1cccs1)C(=O)CSc1nnc(-c2ccccc2)c(-c2ccccc2)n1. The summed E-state index contributed by atoms with van der Waals surface area (Å²) in [7, 11) is 1.82. The van der Waals surface area contributed by atoms with Crippen molar-refractivity contribution in [3.63, 3.8) is 0 Å². The maximum Gasteiger partial charge on any atom is 0.233 e. The van der Waals surface area contributed by atoms with E-state index in [9.17, 15) is 4.79 Å². The molecule has 0 aliphatic rings. The molecule has 0 radical (unpaired) electrons. The number of hydrogen-bond donors (Lipinski definition) is 0. The number of hydrogen-bond acceptors (Lipinski definition) is 6. The average Bonchev–Trinajstić information content (AvgIpc) is 3.31. The third-order valence-corrected chi connectivity index (χ3v) is 6.17. The van der Waals surface area contributed by atoms with E-state index < -0.39 is 0 Å². The van der Waals surface area contributed by atoms with Gasteiger partial charge in [-0.1, -0.05) is 78.5 Å². The Kier molecular flexibility index (Phi) is 6.51. The monoisotopic (exact) mass is 432 g/mol. The van der Waals surface area contributed by atoms with Gasteiger partial charge in [0.25, 0.3) is 0 Å². The van der Waals surface area contributed by atoms with Crippen molar-refractivity contribution in [1.82, 2.24) is 20.1 Å². The number of thioether (sulfide) groups is 1. The van der Waals surface area contributed by atoms with Crippen molar-refractivity contribution >= 4 is 29.0 Å². The van der Waals surface area contributed by atoms with Crippen LogP contribution in [0, 0.1) is 0 Å². The summed E-state index contributed by atoms with van der Waals surface area (Å²) in [5.41, 5.74) is 3.42. The lowest BCUT2D eigenvalue weighted by molar-refractivity contribution is -0.127. The lowest BCUT2D eigenvalue weighted by atomic mass is 10.0. The first-order valence-electron chi connectivity index (χ1n) is 9.45. The van der Waals surface area contributed by atoms with Gasteiger partial charge in [0.1, 0.15) is 11.4 Å². The van der Waals surface area contributed by atoms with Crippen LogP contribution in [0.5, 0.6) is 0 Å². The zero-order valence-corrected chi connectivity index (χ0v) is 18.1. The predicted molar refractivity (Wildman–Crippen MR) is 122 cm³/mol. The number of amides is 1. The Balaban J connectivity index is 1.54. The highest BCUT2D eigenvalue weighted by molar-refractivity contribution is 7.99. The van der Waals surface area contributed by atoms with Crippen molar-refractivity contribution in [2.24, 2.45) is 0 Å². The van der Waals surface area contributed by atoms with Gasteiger partial charge in [-0.15, -0.1) is 21.5 Å². The molecule has 0 aliphatic carbocycles. The highest BCUT2D eigenvalue weighted by Gasteiger charge is 2.16. The topological polar surface area (TPSA) is 59.0 Å². The van der Waals surface area contributed by atoms with Crippen molar-refractivity contribution in [3.8, 4) is 22.5 Å². The van der Waals surface area contributed by atoms with Crippen molar-refractivity contribution in [2.75, 3.05) is 12.8 Å². The average molecular weight is 433 g/mol. The fourth-order valence-electron chi connectivity index (χ4n) is 2.92. The largest absolute Gasteiger partial charge is 0.340 e. The van der Waals surface area contributed by atoms with Crippen molar-refractivity contribution in [2.45, 2.75) is 11.7 Å². The minimum Gasteiger partial charge on any atom is -0.340 e. The normalized spacial score (nSPS) is 10.7. The number of thiophene rings is 1. The summed E-state index contributed by atoms with van der Waals surface area (Å²) in [4.78, 5) is 20.2. The second-order valence-corrected chi connectivity index (χ2v) is 8.62. The smallest absolute Gasteiger partial charge is 0.233 e. The predicted octanol–water partition coefficient (Wildman–Crippen LogP) is 5.02. The van der Waals surface area contributed by atoms with E-state index in [2.05, 4.69) is 10.2 Å². The van der Waals surface area contributed by atoms with Gasteiger partial charge in [-0.05, 0) is 11.4 Å². The molecule has 0 spiro atoms. The Hall–Kier alpha value is -3.03. The van der Waals surface area contributed by atoms with Gasteiger partial charge in [-0.2, -0.15) is 0 Å². The van der Waals surface area contributed by atoms with E-state index in [4.69, 9.17) is 4.98 Å². The number of aromatic nitrogens is 3. The van der Waals surface area contributed by atoms with E-state index in [0.717, 1.165) is 27.4 Å². The molecule has 4 aromatic rings. The van der Waals surface area contributed by atoms with E-state index in [1.54, 1.807) is 16.2 Å². The molecule has 2 aromatic carbocycles. The molecular weight excluding hydrogens is 412 g/mol. The van der Waals surface area contributed by atoms with Crippen molar-refractivity contribution < 1.29 is 4.79 Å². The van der Waals surface area contributed by atoms with Gasteiger partial charge in [0.15, 0.2) is 0 Å². The Labute approximate surface area is 183 Å².